The van der Waals surface area contributed by atoms with Crippen LogP contribution in [0.15, 0.2) is 60.8 Å². The van der Waals surface area contributed by atoms with Gasteiger partial charge >= 0.3 is 0 Å². The van der Waals surface area contributed by atoms with E-state index >= 15 is 0 Å². The molecule has 128 valence electrons. The Morgan fingerprint density at radius 1 is 1.04 bits per heavy atom. The Hall–Kier alpha value is -3.81. The number of nitrogens with one attached hydrogen (secondary N) is 2. The smallest absolute Gasteiger partial charge is 0.292 e. The van der Waals surface area contributed by atoms with Crippen LogP contribution in [0.1, 0.15) is 16.2 Å². The molecule has 2 aromatic carbocycles. The quantitative estimate of drug-likeness (QED) is 0.422. The summed E-state index contributed by atoms with van der Waals surface area (Å²) in [5.41, 5.74) is 1.90. The molecule has 1 amide bonds. The van der Waals surface area contributed by atoms with Crippen LogP contribution >= 0.6 is 0 Å². The first kappa shape index (κ1) is 15.7. The number of tetrazole rings is 1. The van der Waals surface area contributed by atoms with Gasteiger partial charge in [0.05, 0.1) is 17.8 Å². The summed E-state index contributed by atoms with van der Waals surface area (Å²) in [5.74, 6) is -0.894. The maximum absolute atomic E-state index is 12.4. The first-order valence-corrected chi connectivity index (χ1v) is 7.95. The molecule has 0 bridgehead atoms. The maximum atomic E-state index is 12.4. The van der Waals surface area contributed by atoms with Gasteiger partial charge in [-0.2, -0.15) is 4.68 Å². The number of Topliss-reactive ketones (excluding diaryl/α,β-unsaturated/α-hetero) is 1. The number of para-hydroxylation sites is 2. The van der Waals surface area contributed by atoms with Gasteiger partial charge in [-0.15, -0.1) is 5.10 Å². The summed E-state index contributed by atoms with van der Waals surface area (Å²) >= 11 is 0. The van der Waals surface area contributed by atoms with E-state index in [0.717, 1.165) is 11.2 Å². The third-order valence-corrected chi connectivity index (χ3v) is 3.98. The number of hydrogen-bond acceptors (Lipinski definition) is 5. The van der Waals surface area contributed by atoms with Crippen LogP contribution in [0.2, 0.25) is 0 Å². The molecule has 4 aromatic rings. The fourth-order valence-electron chi connectivity index (χ4n) is 2.71. The third kappa shape index (κ3) is 2.84. The lowest BCUT2D eigenvalue weighted by molar-refractivity contribution is -0.117. The second kappa shape index (κ2) is 6.60. The molecular weight excluding hydrogens is 332 g/mol. The molecule has 0 aliphatic rings. The van der Waals surface area contributed by atoms with Gasteiger partial charge in [-0.25, -0.2) is 0 Å². The molecule has 0 saturated heterocycles. The van der Waals surface area contributed by atoms with Crippen molar-refractivity contribution >= 4 is 22.6 Å². The number of hydrogen-bond donors (Lipinski definition) is 2. The third-order valence-electron chi connectivity index (χ3n) is 3.98. The van der Waals surface area contributed by atoms with Crippen molar-refractivity contribution in [2.45, 2.75) is 6.54 Å². The van der Waals surface area contributed by atoms with Gasteiger partial charge in [0.25, 0.3) is 11.7 Å². The number of ketones is 1. The minimum atomic E-state index is -0.711. The van der Waals surface area contributed by atoms with E-state index < -0.39 is 11.7 Å². The van der Waals surface area contributed by atoms with E-state index in [1.165, 1.54) is 4.68 Å². The Kier molecular flexibility index (Phi) is 3.98. The van der Waals surface area contributed by atoms with Crippen molar-refractivity contribution < 1.29 is 9.59 Å². The van der Waals surface area contributed by atoms with Crippen molar-refractivity contribution in [1.82, 2.24) is 30.5 Å². The Bertz CT molecular complexity index is 1080. The van der Waals surface area contributed by atoms with Crippen molar-refractivity contribution in [2.75, 3.05) is 0 Å². The molecule has 8 nitrogen and oxygen atoms in total. The minimum absolute atomic E-state index is 0.0365. The summed E-state index contributed by atoms with van der Waals surface area (Å²) in [6.07, 6.45) is 1.54. The molecule has 0 atom stereocenters. The van der Waals surface area contributed by atoms with Crippen LogP contribution in [0.3, 0.4) is 0 Å². The predicted molar refractivity (Wildman–Crippen MR) is 93.6 cm³/mol. The van der Waals surface area contributed by atoms with E-state index in [-0.39, 0.29) is 6.54 Å². The van der Waals surface area contributed by atoms with Crippen molar-refractivity contribution in [1.29, 1.82) is 0 Å². The fourth-order valence-corrected chi connectivity index (χ4v) is 2.71. The zero-order chi connectivity index (χ0) is 17.9. The van der Waals surface area contributed by atoms with Crippen molar-refractivity contribution in [3.63, 3.8) is 0 Å². The highest BCUT2D eigenvalue weighted by Crippen LogP contribution is 2.18. The molecule has 0 aliphatic carbocycles. The molecule has 8 heteroatoms. The lowest BCUT2D eigenvalue weighted by Crippen LogP contribution is -2.31. The zero-order valence-corrected chi connectivity index (χ0v) is 13.6. The van der Waals surface area contributed by atoms with Crippen LogP contribution in [0.25, 0.3) is 16.6 Å². The summed E-state index contributed by atoms with van der Waals surface area (Å²) < 4.78 is 1.51. The van der Waals surface area contributed by atoms with Crippen LogP contribution in [0.4, 0.5) is 0 Å². The number of carbonyl (C=O) groups is 2. The van der Waals surface area contributed by atoms with Crippen molar-refractivity contribution in [2.24, 2.45) is 0 Å². The van der Waals surface area contributed by atoms with Crippen LogP contribution in [-0.4, -0.2) is 36.9 Å². The summed E-state index contributed by atoms with van der Waals surface area (Å²) in [6, 6.07) is 16.6. The number of nitrogens with zero attached hydrogens (tertiary/aromatic N) is 4. The maximum Gasteiger partial charge on any atom is 0.292 e. The molecule has 26 heavy (non-hydrogen) atoms. The highest BCUT2D eigenvalue weighted by molar-refractivity contribution is 6.44. The number of H-pyrrole nitrogens is 1. The largest absolute Gasteiger partial charge is 0.360 e. The molecule has 2 N–H and O–H groups in total. The van der Waals surface area contributed by atoms with Gasteiger partial charge < -0.3 is 10.3 Å². The fraction of sp³-hybridized carbons (Fsp3) is 0.0556. The first-order chi connectivity index (χ1) is 12.7. The molecule has 0 unspecified atom stereocenters. The van der Waals surface area contributed by atoms with Crippen LogP contribution in [0.5, 0.6) is 0 Å². The summed E-state index contributed by atoms with van der Waals surface area (Å²) in [4.78, 5) is 27.7. The number of aromatic nitrogens is 5. The van der Waals surface area contributed by atoms with Crippen LogP contribution in [0, 0.1) is 0 Å². The van der Waals surface area contributed by atoms with Gasteiger partial charge in [-0.3, -0.25) is 9.59 Å². The normalized spacial score (nSPS) is 10.8. The average molecular weight is 346 g/mol. The number of benzene rings is 2. The molecular formula is C18H14N6O2. The van der Waals surface area contributed by atoms with E-state index in [1.807, 2.05) is 48.5 Å². The van der Waals surface area contributed by atoms with Gasteiger partial charge in [0.2, 0.25) is 0 Å². The minimum Gasteiger partial charge on any atom is -0.360 e. The molecule has 4 rings (SSSR count). The molecule has 2 heterocycles. The van der Waals surface area contributed by atoms with E-state index in [9.17, 15) is 9.59 Å². The van der Waals surface area contributed by atoms with Crippen molar-refractivity contribution in [3.05, 3.63) is 72.2 Å². The van der Waals surface area contributed by atoms with Gasteiger partial charge in [0, 0.05) is 17.1 Å². The number of aromatic amines is 1. The Morgan fingerprint density at radius 2 is 1.81 bits per heavy atom. The van der Waals surface area contributed by atoms with Gasteiger partial charge in [0.15, 0.2) is 5.82 Å². The standard InChI is InChI=1S/C18H14N6O2/c25-17(14-10-19-15-9-5-4-8-13(14)15)18(26)20-11-16-21-22-23-24(16)12-6-2-1-3-7-12/h1-10,19H,11H2,(H,20,26). The van der Waals surface area contributed by atoms with Crippen molar-refractivity contribution in [3.8, 4) is 5.69 Å². The average Bonchev–Trinajstić information content (AvgIpc) is 3.33. The van der Waals surface area contributed by atoms with E-state index in [2.05, 4.69) is 25.8 Å². The van der Waals surface area contributed by atoms with Crippen LogP contribution < -0.4 is 5.32 Å². The highest BCUT2D eigenvalue weighted by atomic mass is 16.2. The second-order valence-electron chi connectivity index (χ2n) is 5.60. The molecule has 0 spiro atoms. The Balaban J connectivity index is 1.50. The Labute approximate surface area is 147 Å². The van der Waals surface area contributed by atoms with Gasteiger partial charge in [0.1, 0.15) is 0 Å². The number of carbonyl (C=O) groups excluding carboxylic acids is 2. The molecule has 0 saturated carbocycles. The van der Waals surface area contributed by atoms with Crippen LogP contribution in [-0.2, 0) is 11.3 Å². The summed E-state index contributed by atoms with van der Waals surface area (Å²) in [7, 11) is 0. The molecule has 0 fully saturated rings. The molecule has 0 radical (unpaired) electrons. The number of rotatable bonds is 5. The second-order valence-corrected chi connectivity index (χ2v) is 5.60. The van der Waals surface area contributed by atoms with E-state index in [0.29, 0.717) is 16.8 Å². The summed E-state index contributed by atoms with van der Waals surface area (Å²) in [6.45, 7) is 0.0365. The van der Waals surface area contributed by atoms with Gasteiger partial charge in [-0.1, -0.05) is 36.4 Å². The highest BCUT2D eigenvalue weighted by Gasteiger charge is 2.20. The topological polar surface area (TPSA) is 106 Å². The number of fused-ring (bicyclic) bond motifs is 1. The monoisotopic (exact) mass is 346 g/mol. The predicted octanol–water partition coefficient (Wildman–Crippen LogP) is 1.64. The summed E-state index contributed by atoms with van der Waals surface area (Å²) in [5, 5.41) is 14.7. The molecule has 2 aromatic heterocycles. The number of amides is 1. The first-order valence-electron chi connectivity index (χ1n) is 7.95. The zero-order valence-electron chi connectivity index (χ0n) is 13.6. The van der Waals surface area contributed by atoms with E-state index in [1.54, 1.807) is 12.3 Å². The van der Waals surface area contributed by atoms with E-state index in [4.69, 9.17) is 0 Å². The Morgan fingerprint density at radius 3 is 2.65 bits per heavy atom. The SMILES string of the molecule is O=C(NCc1nnnn1-c1ccccc1)C(=O)c1c[nH]c2ccccc12. The lowest BCUT2D eigenvalue weighted by Gasteiger charge is -2.05. The van der Waals surface area contributed by atoms with Gasteiger partial charge in [-0.05, 0) is 28.6 Å². The lowest BCUT2D eigenvalue weighted by atomic mass is 10.1. The molecule has 0 aliphatic heterocycles.